The molecule has 0 radical (unpaired) electrons. The van der Waals surface area contributed by atoms with E-state index >= 15 is 0 Å². The normalized spacial score (nSPS) is 18.3. The summed E-state index contributed by atoms with van der Waals surface area (Å²) in [4.78, 5) is 0. The van der Waals surface area contributed by atoms with E-state index in [1.54, 1.807) is 12.1 Å². The number of hydrogen-bond acceptors (Lipinski definition) is 2. The molecule has 3 aromatic carbocycles. The molecule has 1 saturated carbocycles. The van der Waals surface area contributed by atoms with Crippen LogP contribution in [0.5, 0.6) is 5.75 Å². The third kappa shape index (κ3) is 9.15. The largest absolute Gasteiger partial charge is 0.490 e. The van der Waals surface area contributed by atoms with Gasteiger partial charge in [-0.05, 0) is 78.8 Å². The van der Waals surface area contributed by atoms with Crippen LogP contribution < -0.4 is 4.74 Å². The molecule has 43 heavy (non-hydrogen) atoms. The molecule has 232 valence electrons. The number of aryl methyl sites for hydroxylation is 1. The van der Waals surface area contributed by atoms with Crippen LogP contribution in [0.25, 0.3) is 11.1 Å². The van der Waals surface area contributed by atoms with Crippen molar-refractivity contribution in [2.45, 2.75) is 83.2 Å². The van der Waals surface area contributed by atoms with Crippen LogP contribution >= 0.6 is 0 Å². The molecule has 0 heterocycles. The first-order valence-corrected chi connectivity index (χ1v) is 15.3. The van der Waals surface area contributed by atoms with Crippen molar-refractivity contribution in [3.05, 3.63) is 101 Å². The number of benzene rings is 3. The lowest BCUT2D eigenvalue weighted by atomic mass is 9.86. The number of ether oxygens (including phenoxy) is 2. The summed E-state index contributed by atoms with van der Waals surface area (Å²) < 4.78 is 85.1. The Bertz CT molecular complexity index is 1320. The fourth-order valence-corrected chi connectivity index (χ4v) is 5.60. The summed E-state index contributed by atoms with van der Waals surface area (Å²) in [5, 5.41) is 0. The SMILES string of the molecule is C=CCCc1ccc(C(F)CCOc2ccc(-c3ccc(CC(F)COC4CCC(CC)CC4)c(F)c3F)cc2F)cc1. The number of allylic oxidation sites excluding steroid dienone is 1. The van der Waals surface area contributed by atoms with E-state index in [0.717, 1.165) is 56.6 Å². The topological polar surface area (TPSA) is 18.5 Å². The molecule has 0 bridgehead atoms. The highest BCUT2D eigenvalue weighted by Crippen LogP contribution is 2.32. The van der Waals surface area contributed by atoms with Crippen LogP contribution in [0.2, 0.25) is 0 Å². The van der Waals surface area contributed by atoms with Crippen molar-refractivity contribution in [3.63, 3.8) is 0 Å². The van der Waals surface area contributed by atoms with Crippen molar-refractivity contribution >= 4 is 0 Å². The molecule has 1 aliphatic carbocycles. The van der Waals surface area contributed by atoms with Gasteiger partial charge in [0.25, 0.3) is 0 Å². The highest BCUT2D eigenvalue weighted by Gasteiger charge is 2.23. The van der Waals surface area contributed by atoms with Crippen LogP contribution in [-0.4, -0.2) is 25.5 Å². The maximum absolute atomic E-state index is 15.0. The van der Waals surface area contributed by atoms with Crippen molar-refractivity contribution < 1.29 is 31.4 Å². The molecule has 4 rings (SSSR count). The lowest BCUT2D eigenvalue weighted by Crippen LogP contribution is -2.25. The lowest BCUT2D eigenvalue weighted by molar-refractivity contribution is -0.00842. The summed E-state index contributed by atoms with van der Waals surface area (Å²) >= 11 is 0. The van der Waals surface area contributed by atoms with E-state index in [1.165, 1.54) is 24.3 Å². The van der Waals surface area contributed by atoms with Gasteiger partial charge in [0.1, 0.15) is 12.3 Å². The maximum Gasteiger partial charge on any atom is 0.166 e. The van der Waals surface area contributed by atoms with Gasteiger partial charge in [0, 0.05) is 18.4 Å². The van der Waals surface area contributed by atoms with Crippen molar-refractivity contribution in [1.82, 2.24) is 0 Å². The second-order valence-corrected chi connectivity index (χ2v) is 11.4. The number of alkyl halides is 2. The quantitative estimate of drug-likeness (QED) is 0.128. The third-order valence-electron chi connectivity index (χ3n) is 8.34. The molecular weight excluding hydrogens is 559 g/mol. The van der Waals surface area contributed by atoms with Gasteiger partial charge >= 0.3 is 0 Å². The van der Waals surface area contributed by atoms with Gasteiger partial charge in [0.05, 0.1) is 19.3 Å². The molecule has 2 unspecified atom stereocenters. The molecule has 0 saturated heterocycles. The summed E-state index contributed by atoms with van der Waals surface area (Å²) in [7, 11) is 0. The number of hydrogen-bond donors (Lipinski definition) is 0. The van der Waals surface area contributed by atoms with Crippen molar-refractivity contribution in [1.29, 1.82) is 0 Å². The van der Waals surface area contributed by atoms with Crippen LogP contribution in [0, 0.1) is 23.4 Å². The van der Waals surface area contributed by atoms with Gasteiger partial charge in [-0.1, -0.05) is 61.9 Å². The molecule has 1 aliphatic rings. The minimum Gasteiger partial charge on any atom is -0.490 e. The summed E-state index contributed by atoms with van der Waals surface area (Å²) in [6.45, 7) is 5.63. The molecule has 0 aromatic heterocycles. The average molecular weight is 601 g/mol. The van der Waals surface area contributed by atoms with E-state index in [2.05, 4.69) is 13.5 Å². The van der Waals surface area contributed by atoms with Crippen molar-refractivity contribution in [3.8, 4) is 16.9 Å². The van der Waals surface area contributed by atoms with Gasteiger partial charge in [-0.3, -0.25) is 0 Å². The molecule has 2 nitrogen and oxygen atoms in total. The highest BCUT2D eigenvalue weighted by molar-refractivity contribution is 5.65. The summed E-state index contributed by atoms with van der Waals surface area (Å²) in [5.74, 6) is -2.53. The third-order valence-corrected chi connectivity index (χ3v) is 8.34. The predicted molar refractivity (Wildman–Crippen MR) is 161 cm³/mol. The number of halogens is 5. The van der Waals surface area contributed by atoms with Crippen LogP contribution in [0.3, 0.4) is 0 Å². The Balaban J connectivity index is 1.29. The van der Waals surface area contributed by atoms with Gasteiger partial charge in [0.15, 0.2) is 23.2 Å². The van der Waals surface area contributed by atoms with Gasteiger partial charge in [-0.2, -0.15) is 0 Å². The Morgan fingerprint density at radius 3 is 2.35 bits per heavy atom. The Morgan fingerprint density at radius 1 is 0.930 bits per heavy atom. The molecule has 0 amide bonds. The summed E-state index contributed by atoms with van der Waals surface area (Å²) in [6, 6.07) is 13.6. The second-order valence-electron chi connectivity index (χ2n) is 11.4. The van der Waals surface area contributed by atoms with Gasteiger partial charge in [-0.15, -0.1) is 6.58 Å². The Labute approximate surface area is 251 Å². The van der Waals surface area contributed by atoms with Gasteiger partial charge < -0.3 is 9.47 Å². The molecule has 0 aliphatic heterocycles. The first kappa shape index (κ1) is 32.7. The van der Waals surface area contributed by atoms with Crippen LogP contribution in [-0.2, 0) is 17.6 Å². The standard InChI is InChI=1S/C36H41F5O2/c1-3-5-6-25-7-11-26(12-8-25)32(38)19-20-42-34-18-14-27(22-33(34)39)31-17-13-28(35(40)36(31)41)21-29(37)23-43-30-15-9-24(4-2)10-16-30/h3,7-8,11-14,17-18,22,24,29-30,32H,1,4-6,9-10,15-16,19-21,23H2,2H3. The molecule has 0 spiro atoms. The van der Waals surface area contributed by atoms with E-state index in [0.29, 0.717) is 11.5 Å². The van der Waals surface area contributed by atoms with Gasteiger partial charge in [0.2, 0.25) is 0 Å². The van der Waals surface area contributed by atoms with Crippen LogP contribution in [0.4, 0.5) is 22.0 Å². The fraction of sp³-hybridized carbons (Fsp3) is 0.444. The molecular formula is C36H41F5O2. The van der Waals surface area contributed by atoms with E-state index < -0.39 is 29.8 Å². The van der Waals surface area contributed by atoms with Crippen LogP contribution in [0.1, 0.15) is 74.7 Å². The van der Waals surface area contributed by atoms with E-state index in [9.17, 15) is 22.0 Å². The van der Waals surface area contributed by atoms with Gasteiger partial charge in [-0.25, -0.2) is 22.0 Å². The Morgan fingerprint density at radius 2 is 1.67 bits per heavy atom. The zero-order valence-corrected chi connectivity index (χ0v) is 24.8. The lowest BCUT2D eigenvalue weighted by Gasteiger charge is -2.28. The first-order chi connectivity index (χ1) is 20.8. The average Bonchev–Trinajstić information content (AvgIpc) is 3.02. The Kier molecular flexibility index (Phi) is 12.2. The monoisotopic (exact) mass is 600 g/mol. The maximum atomic E-state index is 15.0. The first-order valence-electron chi connectivity index (χ1n) is 15.3. The summed E-state index contributed by atoms with van der Waals surface area (Å²) in [6.07, 6.45) is 5.55. The molecule has 2 atom stereocenters. The van der Waals surface area contributed by atoms with Crippen molar-refractivity contribution in [2.75, 3.05) is 13.2 Å². The smallest absolute Gasteiger partial charge is 0.166 e. The molecule has 3 aromatic rings. The summed E-state index contributed by atoms with van der Waals surface area (Å²) in [5.41, 5.74) is 1.47. The zero-order chi connectivity index (χ0) is 30.8. The minimum atomic E-state index is -1.47. The molecule has 0 N–H and O–H groups in total. The highest BCUT2D eigenvalue weighted by atomic mass is 19.2. The Hall–Kier alpha value is -3.19. The zero-order valence-electron chi connectivity index (χ0n) is 24.8. The fourth-order valence-electron chi connectivity index (χ4n) is 5.60. The number of rotatable bonds is 15. The predicted octanol–water partition coefficient (Wildman–Crippen LogP) is 10.2. The molecule has 1 fully saturated rings. The van der Waals surface area contributed by atoms with Crippen LogP contribution in [0.15, 0.2) is 67.3 Å². The minimum absolute atomic E-state index is 0.00935. The molecule has 7 heteroatoms. The van der Waals surface area contributed by atoms with E-state index in [-0.39, 0.29) is 54.6 Å². The van der Waals surface area contributed by atoms with Crippen molar-refractivity contribution in [2.24, 2.45) is 5.92 Å². The second kappa shape index (κ2) is 16.0. The van der Waals surface area contributed by atoms with E-state index in [1.807, 2.05) is 18.2 Å². The van der Waals surface area contributed by atoms with E-state index in [4.69, 9.17) is 9.47 Å².